The van der Waals surface area contributed by atoms with Crippen LogP contribution in [-0.2, 0) is 0 Å². The van der Waals surface area contributed by atoms with E-state index in [1.807, 2.05) is 6.92 Å². The third-order valence-corrected chi connectivity index (χ3v) is 1.28. The molecule has 0 rings (SSSR count). The van der Waals surface area contributed by atoms with E-state index in [4.69, 9.17) is 5.11 Å². The average Bonchev–Trinajstić information content (AvgIpc) is 1.80. The Morgan fingerprint density at radius 1 is 1.44 bits per heavy atom. The second kappa shape index (κ2) is 6.09. The highest BCUT2D eigenvalue weighted by atomic mass is 16.3. The third kappa shape index (κ3) is 7.96. The van der Waals surface area contributed by atoms with Crippen LogP contribution in [0.25, 0.3) is 0 Å². The number of rotatable bonds is 5. The van der Waals surface area contributed by atoms with E-state index in [1.54, 1.807) is 0 Å². The van der Waals surface area contributed by atoms with Crippen LogP contribution in [0.2, 0.25) is 0 Å². The van der Waals surface area contributed by atoms with Crippen LogP contribution in [0.3, 0.4) is 0 Å². The fourth-order valence-corrected chi connectivity index (χ4v) is 0.708. The number of aliphatic hydroxyl groups excluding tert-OH is 1. The Hall–Kier alpha value is -0.0400. The van der Waals surface area contributed by atoms with Crippen molar-refractivity contribution in [1.82, 2.24) is 0 Å². The first-order valence-corrected chi connectivity index (χ1v) is 3.77. The lowest BCUT2D eigenvalue weighted by Gasteiger charge is -2.01. The minimum atomic E-state index is -0.127. The van der Waals surface area contributed by atoms with E-state index < -0.39 is 0 Å². The molecule has 1 atom stereocenters. The number of hydrogen-bond acceptors (Lipinski definition) is 1. The highest BCUT2D eigenvalue weighted by Gasteiger charge is 1.93. The molecule has 0 aliphatic rings. The van der Waals surface area contributed by atoms with Crippen molar-refractivity contribution in [2.45, 2.75) is 45.6 Å². The van der Waals surface area contributed by atoms with E-state index in [1.165, 1.54) is 12.8 Å². The van der Waals surface area contributed by atoms with Crippen LogP contribution in [0.4, 0.5) is 0 Å². The van der Waals surface area contributed by atoms with Gasteiger partial charge in [-0.25, -0.2) is 0 Å². The van der Waals surface area contributed by atoms with E-state index in [2.05, 4.69) is 13.3 Å². The summed E-state index contributed by atoms with van der Waals surface area (Å²) >= 11 is 0. The van der Waals surface area contributed by atoms with Gasteiger partial charge in [0.1, 0.15) is 0 Å². The Morgan fingerprint density at radius 3 is 2.56 bits per heavy atom. The van der Waals surface area contributed by atoms with Crippen molar-refractivity contribution in [2.75, 3.05) is 0 Å². The van der Waals surface area contributed by atoms with Crippen molar-refractivity contribution in [3.63, 3.8) is 0 Å². The average molecular weight is 129 g/mol. The molecule has 0 aliphatic heterocycles. The Morgan fingerprint density at radius 2 is 2.11 bits per heavy atom. The van der Waals surface area contributed by atoms with Gasteiger partial charge in [-0.1, -0.05) is 19.8 Å². The van der Waals surface area contributed by atoms with Gasteiger partial charge >= 0.3 is 0 Å². The number of unbranched alkanes of at least 4 members (excludes halogenated alkanes) is 3. The van der Waals surface area contributed by atoms with Crippen LogP contribution in [0, 0.1) is 6.42 Å². The Labute approximate surface area is 58.1 Å². The van der Waals surface area contributed by atoms with Crippen LogP contribution >= 0.6 is 0 Å². The largest absolute Gasteiger partial charge is 0.393 e. The zero-order valence-electron chi connectivity index (χ0n) is 6.43. The normalized spacial score (nSPS) is 13.7. The van der Waals surface area contributed by atoms with E-state index in [0.29, 0.717) is 0 Å². The van der Waals surface area contributed by atoms with Gasteiger partial charge in [0.05, 0.1) is 6.10 Å². The Bertz CT molecular complexity index is 50.5. The summed E-state index contributed by atoms with van der Waals surface area (Å²) in [6.45, 7) is 4.00. The summed E-state index contributed by atoms with van der Waals surface area (Å²) in [5.74, 6) is 0. The van der Waals surface area contributed by atoms with Gasteiger partial charge in [-0.15, -0.1) is 0 Å². The minimum absolute atomic E-state index is 0.127. The van der Waals surface area contributed by atoms with Crippen LogP contribution < -0.4 is 0 Å². The summed E-state index contributed by atoms with van der Waals surface area (Å²) in [6, 6.07) is 0. The molecule has 0 heterocycles. The lowest BCUT2D eigenvalue weighted by molar-refractivity contribution is 0.184. The Kier molecular flexibility index (Phi) is 6.06. The maximum absolute atomic E-state index is 8.83. The van der Waals surface area contributed by atoms with E-state index in [-0.39, 0.29) is 6.10 Å². The molecule has 1 heteroatoms. The highest BCUT2D eigenvalue weighted by Crippen LogP contribution is 2.02. The molecule has 1 unspecified atom stereocenters. The monoisotopic (exact) mass is 129 g/mol. The van der Waals surface area contributed by atoms with Crippen LogP contribution in [0.15, 0.2) is 0 Å². The lowest BCUT2D eigenvalue weighted by atomic mass is 10.1. The quantitative estimate of drug-likeness (QED) is 0.564. The topological polar surface area (TPSA) is 20.2 Å². The Balaban J connectivity index is 2.75. The van der Waals surface area contributed by atoms with Gasteiger partial charge in [-0.2, -0.15) is 0 Å². The summed E-state index contributed by atoms with van der Waals surface area (Å²) in [5.41, 5.74) is 0. The summed E-state index contributed by atoms with van der Waals surface area (Å²) in [4.78, 5) is 0. The van der Waals surface area contributed by atoms with Crippen LogP contribution in [-0.4, -0.2) is 11.2 Å². The molecule has 0 aliphatic carbocycles. The first-order chi connectivity index (χ1) is 4.27. The van der Waals surface area contributed by atoms with Crippen molar-refractivity contribution in [1.29, 1.82) is 0 Å². The first-order valence-electron chi connectivity index (χ1n) is 3.77. The fourth-order valence-electron chi connectivity index (χ4n) is 0.708. The molecular formula is C8H17O. The van der Waals surface area contributed by atoms with Crippen molar-refractivity contribution in [3.05, 3.63) is 6.42 Å². The zero-order chi connectivity index (χ0) is 7.11. The third-order valence-electron chi connectivity index (χ3n) is 1.28. The van der Waals surface area contributed by atoms with Crippen molar-refractivity contribution in [3.8, 4) is 0 Å². The molecule has 1 radical (unpaired) electrons. The maximum atomic E-state index is 8.83. The smallest absolute Gasteiger partial charge is 0.0512 e. The molecule has 0 saturated carbocycles. The predicted octanol–water partition coefficient (Wildman–Crippen LogP) is 2.15. The second-order valence-electron chi connectivity index (χ2n) is 2.50. The van der Waals surface area contributed by atoms with Crippen molar-refractivity contribution < 1.29 is 5.11 Å². The van der Waals surface area contributed by atoms with Crippen molar-refractivity contribution in [2.24, 2.45) is 0 Å². The second-order valence-corrected chi connectivity index (χ2v) is 2.50. The molecule has 9 heavy (non-hydrogen) atoms. The lowest BCUT2D eigenvalue weighted by Crippen LogP contribution is -1.98. The molecule has 0 fully saturated rings. The molecular weight excluding hydrogens is 112 g/mol. The zero-order valence-corrected chi connectivity index (χ0v) is 6.43. The molecule has 0 aromatic heterocycles. The molecule has 0 bridgehead atoms. The van der Waals surface area contributed by atoms with E-state index in [0.717, 1.165) is 12.8 Å². The molecule has 0 saturated heterocycles. The molecule has 1 N–H and O–H groups in total. The summed E-state index contributed by atoms with van der Waals surface area (Å²) in [7, 11) is 0. The molecule has 1 nitrogen and oxygen atoms in total. The molecule has 55 valence electrons. The predicted molar refractivity (Wildman–Crippen MR) is 40.1 cm³/mol. The summed E-state index contributed by atoms with van der Waals surface area (Å²) in [5, 5.41) is 8.83. The molecule has 0 amide bonds. The molecule has 0 aromatic carbocycles. The van der Waals surface area contributed by atoms with Gasteiger partial charge in [0, 0.05) is 0 Å². The molecule has 0 aromatic rings. The summed E-state index contributed by atoms with van der Waals surface area (Å²) < 4.78 is 0. The van der Waals surface area contributed by atoms with Crippen LogP contribution in [0.1, 0.15) is 39.5 Å². The van der Waals surface area contributed by atoms with Gasteiger partial charge in [-0.3, -0.25) is 0 Å². The highest BCUT2D eigenvalue weighted by molar-refractivity contribution is 4.64. The number of hydrogen-bond donors (Lipinski definition) is 1. The van der Waals surface area contributed by atoms with E-state index in [9.17, 15) is 0 Å². The van der Waals surface area contributed by atoms with Gasteiger partial charge in [0.15, 0.2) is 0 Å². The first kappa shape index (κ1) is 8.96. The summed E-state index contributed by atoms with van der Waals surface area (Å²) in [6.07, 6.45) is 6.50. The fraction of sp³-hybridized carbons (Fsp3) is 0.875. The van der Waals surface area contributed by atoms with Gasteiger partial charge < -0.3 is 5.11 Å². The SMILES string of the molecule is CCC[CH]CCC(C)O. The van der Waals surface area contributed by atoms with Crippen molar-refractivity contribution >= 4 is 0 Å². The molecule has 0 spiro atoms. The van der Waals surface area contributed by atoms with E-state index >= 15 is 0 Å². The van der Waals surface area contributed by atoms with Gasteiger partial charge in [0.25, 0.3) is 0 Å². The number of aliphatic hydroxyl groups is 1. The maximum Gasteiger partial charge on any atom is 0.0512 e. The van der Waals surface area contributed by atoms with Gasteiger partial charge in [0.2, 0.25) is 0 Å². The minimum Gasteiger partial charge on any atom is -0.393 e. The van der Waals surface area contributed by atoms with Crippen LogP contribution in [0.5, 0.6) is 0 Å². The van der Waals surface area contributed by atoms with Gasteiger partial charge in [-0.05, 0) is 26.2 Å². The standard InChI is InChI=1S/C8H17O/c1-3-4-5-6-7-8(2)9/h5,8-9H,3-4,6-7H2,1-2H3.